The van der Waals surface area contributed by atoms with E-state index in [1.54, 1.807) is 0 Å². The van der Waals surface area contributed by atoms with E-state index in [9.17, 15) is 8.42 Å². The summed E-state index contributed by atoms with van der Waals surface area (Å²) in [5.74, 6) is 0. The van der Waals surface area contributed by atoms with Gasteiger partial charge in [-0.2, -0.15) is 4.31 Å². The summed E-state index contributed by atoms with van der Waals surface area (Å²) in [4.78, 5) is 2.20. The second-order valence-electron chi connectivity index (χ2n) is 3.94. The SMILES string of the molecule is CC(N)CN1CCN(S(C)(=O)=O)CC1.Cl. The molecular weight excluding hydrogens is 238 g/mol. The Balaban J connectivity index is 0.00000196. The highest BCUT2D eigenvalue weighted by atomic mass is 35.5. The third-order valence-electron chi connectivity index (χ3n) is 2.35. The molecule has 0 bridgehead atoms. The smallest absolute Gasteiger partial charge is 0.211 e. The zero-order chi connectivity index (χ0) is 10.8. The topological polar surface area (TPSA) is 66.6 Å². The van der Waals surface area contributed by atoms with E-state index in [-0.39, 0.29) is 18.4 Å². The van der Waals surface area contributed by atoms with Gasteiger partial charge in [-0.3, -0.25) is 4.90 Å². The minimum absolute atomic E-state index is 0. The maximum absolute atomic E-state index is 11.2. The molecule has 7 heteroatoms. The Bertz CT molecular complexity index is 274. The van der Waals surface area contributed by atoms with Gasteiger partial charge in [-0.15, -0.1) is 12.4 Å². The molecule has 0 aliphatic carbocycles. The van der Waals surface area contributed by atoms with Gasteiger partial charge in [0.2, 0.25) is 10.0 Å². The summed E-state index contributed by atoms with van der Waals surface area (Å²) in [5.41, 5.74) is 5.67. The van der Waals surface area contributed by atoms with E-state index in [1.807, 2.05) is 6.92 Å². The number of piperazine rings is 1. The summed E-state index contributed by atoms with van der Waals surface area (Å²) < 4.78 is 23.9. The molecule has 1 aliphatic rings. The van der Waals surface area contributed by atoms with Crippen LogP contribution in [0.1, 0.15) is 6.92 Å². The molecule has 0 amide bonds. The van der Waals surface area contributed by atoms with Crippen LogP contribution in [0.15, 0.2) is 0 Å². The molecule has 0 saturated carbocycles. The van der Waals surface area contributed by atoms with Crippen LogP contribution in [0.25, 0.3) is 0 Å². The van der Waals surface area contributed by atoms with E-state index in [1.165, 1.54) is 10.6 Å². The summed E-state index contributed by atoms with van der Waals surface area (Å²) in [6.45, 7) is 5.56. The molecule has 0 aromatic carbocycles. The van der Waals surface area contributed by atoms with Gasteiger partial charge in [0, 0.05) is 38.8 Å². The first kappa shape index (κ1) is 15.1. The normalized spacial score (nSPS) is 22.1. The lowest BCUT2D eigenvalue weighted by molar-refractivity contribution is 0.182. The molecule has 1 fully saturated rings. The highest BCUT2D eigenvalue weighted by Crippen LogP contribution is 2.05. The number of halogens is 1. The molecule has 15 heavy (non-hydrogen) atoms. The quantitative estimate of drug-likeness (QED) is 0.729. The first-order valence-electron chi connectivity index (χ1n) is 4.82. The highest BCUT2D eigenvalue weighted by molar-refractivity contribution is 7.88. The lowest BCUT2D eigenvalue weighted by atomic mass is 10.3. The Hall–Kier alpha value is 0.120. The zero-order valence-electron chi connectivity index (χ0n) is 9.22. The monoisotopic (exact) mass is 257 g/mol. The van der Waals surface area contributed by atoms with Crippen molar-refractivity contribution in [3.05, 3.63) is 0 Å². The predicted molar refractivity (Wildman–Crippen MR) is 63.8 cm³/mol. The van der Waals surface area contributed by atoms with Crippen molar-refractivity contribution in [2.24, 2.45) is 5.73 Å². The van der Waals surface area contributed by atoms with Gasteiger partial charge in [0.15, 0.2) is 0 Å². The zero-order valence-corrected chi connectivity index (χ0v) is 10.9. The van der Waals surface area contributed by atoms with Crippen LogP contribution in [0.5, 0.6) is 0 Å². The molecule has 0 radical (unpaired) electrons. The lowest BCUT2D eigenvalue weighted by Gasteiger charge is -2.33. The van der Waals surface area contributed by atoms with Crippen molar-refractivity contribution in [3.8, 4) is 0 Å². The number of nitrogens with two attached hydrogens (primary N) is 1. The molecule has 0 aromatic heterocycles. The maximum atomic E-state index is 11.2. The van der Waals surface area contributed by atoms with E-state index in [0.717, 1.165) is 19.6 Å². The first-order valence-corrected chi connectivity index (χ1v) is 6.67. The molecule has 1 unspecified atom stereocenters. The Labute approximate surface area is 98.1 Å². The van der Waals surface area contributed by atoms with Gasteiger partial charge in [0.1, 0.15) is 0 Å². The van der Waals surface area contributed by atoms with Gasteiger partial charge in [-0.05, 0) is 6.92 Å². The van der Waals surface area contributed by atoms with E-state index in [0.29, 0.717) is 13.1 Å². The molecular formula is C8H20ClN3O2S. The maximum Gasteiger partial charge on any atom is 0.211 e. The molecule has 92 valence electrons. The molecule has 1 rings (SSSR count). The van der Waals surface area contributed by atoms with Crippen molar-refractivity contribution in [1.82, 2.24) is 9.21 Å². The van der Waals surface area contributed by atoms with Crippen molar-refractivity contribution in [3.63, 3.8) is 0 Å². The third-order valence-corrected chi connectivity index (χ3v) is 3.65. The minimum atomic E-state index is -3.00. The fourth-order valence-corrected chi connectivity index (χ4v) is 2.48. The first-order chi connectivity index (χ1) is 6.39. The number of rotatable bonds is 3. The number of nitrogens with zero attached hydrogens (tertiary/aromatic N) is 2. The molecule has 0 spiro atoms. The molecule has 2 N–H and O–H groups in total. The fraction of sp³-hybridized carbons (Fsp3) is 1.00. The summed E-state index contributed by atoms with van der Waals surface area (Å²) in [7, 11) is -3.00. The number of sulfonamides is 1. The molecule has 1 saturated heterocycles. The fourth-order valence-electron chi connectivity index (χ4n) is 1.65. The van der Waals surface area contributed by atoms with Crippen molar-refractivity contribution in [1.29, 1.82) is 0 Å². The van der Waals surface area contributed by atoms with Crippen molar-refractivity contribution >= 4 is 22.4 Å². The van der Waals surface area contributed by atoms with Crippen LogP contribution >= 0.6 is 12.4 Å². The minimum Gasteiger partial charge on any atom is -0.327 e. The summed E-state index contributed by atoms with van der Waals surface area (Å²) in [5, 5.41) is 0. The van der Waals surface area contributed by atoms with Gasteiger partial charge in [0.05, 0.1) is 6.26 Å². The van der Waals surface area contributed by atoms with E-state index >= 15 is 0 Å². The van der Waals surface area contributed by atoms with Crippen molar-refractivity contribution in [2.75, 3.05) is 39.0 Å². The van der Waals surface area contributed by atoms with Gasteiger partial charge in [0.25, 0.3) is 0 Å². The Morgan fingerprint density at radius 3 is 2.07 bits per heavy atom. The van der Waals surface area contributed by atoms with Crippen LogP contribution < -0.4 is 5.73 Å². The van der Waals surface area contributed by atoms with E-state index in [4.69, 9.17) is 5.73 Å². The second kappa shape index (κ2) is 6.00. The van der Waals surface area contributed by atoms with Crippen LogP contribution in [0.4, 0.5) is 0 Å². The molecule has 1 heterocycles. The predicted octanol–water partition coefficient (Wildman–Crippen LogP) is -0.667. The van der Waals surface area contributed by atoms with Gasteiger partial charge < -0.3 is 5.73 Å². The molecule has 5 nitrogen and oxygen atoms in total. The second-order valence-corrected chi connectivity index (χ2v) is 5.92. The van der Waals surface area contributed by atoms with Crippen LogP contribution in [0.2, 0.25) is 0 Å². The summed E-state index contributed by atoms with van der Waals surface area (Å²) in [6, 6.07) is 0.153. The molecule has 1 aliphatic heterocycles. The van der Waals surface area contributed by atoms with E-state index in [2.05, 4.69) is 4.90 Å². The van der Waals surface area contributed by atoms with Crippen molar-refractivity contribution < 1.29 is 8.42 Å². The molecule has 0 aromatic rings. The van der Waals surface area contributed by atoms with Gasteiger partial charge in [-0.25, -0.2) is 8.42 Å². The van der Waals surface area contributed by atoms with Gasteiger partial charge in [-0.1, -0.05) is 0 Å². The lowest BCUT2D eigenvalue weighted by Crippen LogP contribution is -2.50. The summed E-state index contributed by atoms with van der Waals surface area (Å²) >= 11 is 0. The van der Waals surface area contributed by atoms with Crippen LogP contribution in [0, 0.1) is 0 Å². The number of hydrogen-bond donors (Lipinski definition) is 1. The Morgan fingerprint density at radius 1 is 1.27 bits per heavy atom. The van der Waals surface area contributed by atoms with Crippen molar-refractivity contribution in [2.45, 2.75) is 13.0 Å². The number of hydrogen-bond acceptors (Lipinski definition) is 4. The van der Waals surface area contributed by atoms with E-state index < -0.39 is 10.0 Å². The Kier molecular flexibility index (Phi) is 6.05. The standard InChI is InChI=1S/C8H19N3O2S.ClH/c1-8(9)7-10-3-5-11(6-4-10)14(2,12)13;/h8H,3-7,9H2,1-2H3;1H. The molecule has 1 atom stereocenters. The highest BCUT2D eigenvalue weighted by Gasteiger charge is 2.23. The van der Waals surface area contributed by atoms with Gasteiger partial charge >= 0.3 is 0 Å². The largest absolute Gasteiger partial charge is 0.327 e. The van der Waals surface area contributed by atoms with Crippen LogP contribution in [-0.2, 0) is 10.0 Å². The Morgan fingerprint density at radius 2 is 1.73 bits per heavy atom. The average Bonchev–Trinajstić information content (AvgIpc) is 2.02. The van der Waals surface area contributed by atoms with Crippen LogP contribution in [-0.4, -0.2) is 62.6 Å². The summed E-state index contributed by atoms with van der Waals surface area (Å²) in [6.07, 6.45) is 1.26. The van der Waals surface area contributed by atoms with Crippen LogP contribution in [0.3, 0.4) is 0 Å². The third kappa shape index (κ3) is 5.12. The average molecular weight is 258 g/mol.